The van der Waals surface area contributed by atoms with Crippen LogP contribution in [0, 0.1) is 0 Å². The predicted molar refractivity (Wildman–Crippen MR) is 68.6 cm³/mol. The third-order valence-electron chi connectivity index (χ3n) is 2.34. The minimum atomic E-state index is -3.60. The number of methoxy groups -OCH3 is 1. The molecule has 0 aliphatic heterocycles. The maximum absolute atomic E-state index is 12.1. The zero-order valence-corrected chi connectivity index (χ0v) is 11.2. The fourth-order valence-electron chi connectivity index (χ4n) is 1.48. The Bertz CT molecular complexity index is 529. The summed E-state index contributed by atoms with van der Waals surface area (Å²) >= 11 is 0. The monoisotopic (exact) mass is 268 g/mol. The Labute approximate surface area is 107 Å². The number of ether oxygens (including phenoxy) is 1. The molecule has 0 amide bonds. The first-order valence-electron chi connectivity index (χ1n) is 5.60. The van der Waals surface area contributed by atoms with Gasteiger partial charge >= 0.3 is 5.97 Å². The molecule has 0 spiro atoms. The van der Waals surface area contributed by atoms with Gasteiger partial charge in [0.25, 0.3) is 0 Å². The molecule has 0 saturated carbocycles. The maximum atomic E-state index is 12.1. The van der Waals surface area contributed by atoms with Crippen LogP contribution in [0.5, 0.6) is 0 Å². The molecule has 0 atom stereocenters. The molecule has 0 unspecified atom stereocenters. The van der Waals surface area contributed by atoms with Crippen LogP contribution in [0.4, 0.5) is 0 Å². The van der Waals surface area contributed by atoms with Crippen LogP contribution < -0.4 is 0 Å². The molecular formula is C13H16O4S. The van der Waals surface area contributed by atoms with E-state index in [0.29, 0.717) is 12.8 Å². The second kappa shape index (κ2) is 6.35. The lowest BCUT2D eigenvalue weighted by Gasteiger charge is -2.04. The molecular weight excluding hydrogens is 252 g/mol. The second-order valence-electron chi connectivity index (χ2n) is 3.74. The van der Waals surface area contributed by atoms with Gasteiger partial charge in [-0.3, -0.25) is 0 Å². The zero-order chi connectivity index (χ0) is 13.6. The summed E-state index contributed by atoms with van der Waals surface area (Å²) in [4.78, 5) is 11.6. The SMILES string of the molecule is CCCC(=CS(=O)(=O)c1ccccc1)C(=O)OC. The van der Waals surface area contributed by atoms with Gasteiger partial charge in [0.05, 0.1) is 12.0 Å². The van der Waals surface area contributed by atoms with Gasteiger partial charge in [0.15, 0.2) is 9.84 Å². The summed E-state index contributed by atoms with van der Waals surface area (Å²) in [6.07, 6.45) is 1.05. The van der Waals surface area contributed by atoms with Crippen molar-refractivity contribution in [3.63, 3.8) is 0 Å². The molecule has 18 heavy (non-hydrogen) atoms. The highest BCUT2D eigenvalue weighted by Crippen LogP contribution is 2.16. The molecule has 1 aromatic rings. The highest BCUT2D eigenvalue weighted by atomic mass is 32.2. The summed E-state index contributed by atoms with van der Waals surface area (Å²) in [5.74, 6) is -0.601. The Balaban J connectivity index is 3.15. The van der Waals surface area contributed by atoms with Crippen LogP contribution in [0.15, 0.2) is 46.2 Å². The number of esters is 1. The zero-order valence-electron chi connectivity index (χ0n) is 10.4. The number of carbonyl (C=O) groups excluding carboxylic acids is 1. The van der Waals surface area contributed by atoms with Crippen molar-refractivity contribution in [2.24, 2.45) is 0 Å². The topological polar surface area (TPSA) is 60.4 Å². The van der Waals surface area contributed by atoms with Crippen LogP contribution >= 0.6 is 0 Å². The Hall–Kier alpha value is -1.62. The standard InChI is InChI=1S/C13H16O4S/c1-3-7-11(13(14)17-2)10-18(15,16)12-8-5-4-6-9-12/h4-6,8-10H,3,7H2,1-2H3. The molecule has 1 aromatic carbocycles. The smallest absolute Gasteiger partial charge is 0.334 e. The first-order valence-corrected chi connectivity index (χ1v) is 7.15. The molecule has 1 rings (SSSR count). The number of carbonyl (C=O) groups is 1. The first kappa shape index (κ1) is 14.4. The van der Waals surface area contributed by atoms with Gasteiger partial charge in [-0.15, -0.1) is 0 Å². The molecule has 98 valence electrons. The van der Waals surface area contributed by atoms with Gasteiger partial charge < -0.3 is 4.74 Å². The van der Waals surface area contributed by atoms with Crippen molar-refractivity contribution in [1.82, 2.24) is 0 Å². The van der Waals surface area contributed by atoms with Crippen LogP contribution in [-0.2, 0) is 19.4 Å². The maximum Gasteiger partial charge on any atom is 0.334 e. The summed E-state index contributed by atoms with van der Waals surface area (Å²) < 4.78 is 28.7. The molecule has 0 radical (unpaired) electrons. The predicted octanol–water partition coefficient (Wildman–Crippen LogP) is 2.32. The number of benzene rings is 1. The fourth-order valence-corrected chi connectivity index (χ4v) is 2.74. The normalized spacial score (nSPS) is 12.2. The first-order chi connectivity index (χ1) is 8.51. The van der Waals surface area contributed by atoms with Gasteiger partial charge in [0, 0.05) is 11.0 Å². The third kappa shape index (κ3) is 3.70. The van der Waals surface area contributed by atoms with Gasteiger partial charge in [-0.2, -0.15) is 0 Å². The average Bonchev–Trinajstić information content (AvgIpc) is 2.38. The van der Waals surface area contributed by atoms with Gasteiger partial charge in [-0.25, -0.2) is 13.2 Å². The summed E-state index contributed by atoms with van der Waals surface area (Å²) in [5, 5.41) is 0.998. The Morgan fingerprint density at radius 1 is 1.28 bits per heavy atom. The molecule has 5 heteroatoms. The van der Waals surface area contributed by atoms with E-state index in [1.54, 1.807) is 18.2 Å². The minimum Gasteiger partial charge on any atom is -0.466 e. The second-order valence-corrected chi connectivity index (χ2v) is 5.54. The Morgan fingerprint density at radius 2 is 1.89 bits per heavy atom. The van der Waals surface area contributed by atoms with Crippen molar-refractivity contribution in [3.8, 4) is 0 Å². The van der Waals surface area contributed by atoms with Crippen LogP contribution in [0.3, 0.4) is 0 Å². The van der Waals surface area contributed by atoms with E-state index in [1.807, 2.05) is 6.92 Å². The van der Waals surface area contributed by atoms with Crippen LogP contribution in [-0.4, -0.2) is 21.5 Å². The lowest BCUT2D eigenvalue weighted by molar-refractivity contribution is -0.136. The van der Waals surface area contributed by atoms with E-state index >= 15 is 0 Å². The number of hydrogen-bond donors (Lipinski definition) is 0. The van der Waals surface area contributed by atoms with Crippen LogP contribution in [0.1, 0.15) is 19.8 Å². The van der Waals surface area contributed by atoms with E-state index in [-0.39, 0.29) is 10.5 Å². The van der Waals surface area contributed by atoms with Crippen molar-refractivity contribution in [1.29, 1.82) is 0 Å². The number of hydrogen-bond acceptors (Lipinski definition) is 4. The van der Waals surface area contributed by atoms with E-state index < -0.39 is 15.8 Å². The third-order valence-corrected chi connectivity index (χ3v) is 3.86. The lowest BCUT2D eigenvalue weighted by Crippen LogP contribution is -2.08. The van der Waals surface area contributed by atoms with Crippen molar-refractivity contribution < 1.29 is 17.9 Å². The number of rotatable bonds is 5. The average molecular weight is 268 g/mol. The van der Waals surface area contributed by atoms with Crippen molar-refractivity contribution >= 4 is 15.8 Å². The molecule has 0 saturated heterocycles. The van der Waals surface area contributed by atoms with E-state index in [9.17, 15) is 13.2 Å². The summed E-state index contributed by atoms with van der Waals surface area (Å²) in [6, 6.07) is 7.99. The van der Waals surface area contributed by atoms with Gasteiger partial charge in [-0.1, -0.05) is 31.5 Å². The highest BCUT2D eigenvalue weighted by Gasteiger charge is 2.16. The van der Waals surface area contributed by atoms with Crippen molar-refractivity contribution in [3.05, 3.63) is 41.3 Å². The summed E-state index contributed by atoms with van der Waals surface area (Å²) in [5.41, 5.74) is 0.170. The molecule has 0 bridgehead atoms. The van der Waals surface area contributed by atoms with Crippen LogP contribution in [0.2, 0.25) is 0 Å². The van der Waals surface area contributed by atoms with Crippen molar-refractivity contribution in [2.75, 3.05) is 7.11 Å². The molecule has 0 aliphatic rings. The molecule has 0 N–H and O–H groups in total. The highest BCUT2D eigenvalue weighted by molar-refractivity contribution is 7.94. The summed E-state index contributed by atoms with van der Waals surface area (Å²) in [6.45, 7) is 1.87. The fraction of sp³-hybridized carbons (Fsp3) is 0.308. The Morgan fingerprint density at radius 3 is 2.39 bits per heavy atom. The molecule has 0 fully saturated rings. The molecule has 0 aliphatic carbocycles. The van der Waals surface area contributed by atoms with Gasteiger partial charge in [-0.05, 0) is 18.6 Å². The Kier molecular flexibility index (Phi) is 5.09. The largest absolute Gasteiger partial charge is 0.466 e. The van der Waals surface area contributed by atoms with E-state index in [4.69, 9.17) is 0 Å². The minimum absolute atomic E-state index is 0.169. The van der Waals surface area contributed by atoms with Gasteiger partial charge in [0.2, 0.25) is 0 Å². The lowest BCUT2D eigenvalue weighted by atomic mass is 10.2. The van der Waals surface area contributed by atoms with E-state index in [1.165, 1.54) is 19.2 Å². The van der Waals surface area contributed by atoms with E-state index in [0.717, 1.165) is 5.41 Å². The molecule has 0 heterocycles. The van der Waals surface area contributed by atoms with E-state index in [2.05, 4.69) is 4.74 Å². The van der Waals surface area contributed by atoms with Crippen LogP contribution in [0.25, 0.3) is 0 Å². The summed E-state index contributed by atoms with van der Waals surface area (Å²) in [7, 11) is -2.36. The molecule has 0 aromatic heterocycles. The van der Waals surface area contributed by atoms with Gasteiger partial charge in [0.1, 0.15) is 0 Å². The number of sulfone groups is 1. The molecule has 4 nitrogen and oxygen atoms in total. The van der Waals surface area contributed by atoms with Crippen molar-refractivity contribution in [2.45, 2.75) is 24.7 Å². The quantitative estimate of drug-likeness (QED) is 0.607.